The van der Waals surface area contributed by atoms with Crippen molar-refractivity contribution in [2.75, 3.05) is 44.1 Å². The lowest BCUT2D eigenvalue weighted by Gasteiger charge is -2.18. The van der Waals surface area contributed by atoms with Crippen LogP contribution < -0.4 is 10.2 Å². The second-order valence-corrected chi connectivity index (χ2v) is 4.81. The smallest absolute Gasteiger partial charge is 0.0639 e. The monoisotopic (exact) mass is 236 g/mol. The number of nitrogens with one attached hydrogen (secondary N) is 1. The van der Waals surface area contributed by atoms with E-state index in [9.17, 15) is 0 Å². The zero-order valence-electron chi connectivity index (χ0n) is 11.4. The van der Waals surface area contributed by atoms with Gasteiger partial charge in [0.2, 0.25) is 0 Å². The summed E-state index contributed by atoms with van der Waals surface area (Å²) in [5.41, 5.74) is 2.36. The zero-order valence-corrected chi connectivity index (χ0v) is 11.4. The first kappa shape index (κ1) is 13.8. The van der Waals surface area contributed by atoms with Gasteiger partial charge in [0.05, 0.1) is 18.0 Å². The fourth-order valence-electron chi connectivity index (χ4n) is 1.59. The van der Waals surface area contributed by atoms with E-state index >= 15 is 0 Å². The van der Waals surface area contributed by atoms with Crippen molar-refractivity contribution in [1.29, 1.82) is 0 Å². The summed E-state index contributed by atoms with van der Waals surface area (Å²) in [7, 11) is 4.10. The molecule has 17 heavy (non-hydrogen) atoms. The number of nitrogens with zero attached hydrogens (tertiary/aromatic N) is 1. The van der Waals surface area contributed by atoms with Gasteiger partial charge < -0.3 is 15.0 Å². The van der Waals surface area contributed by atoms with Gasteiger partial charge in [0.1, 0.15) is 0 Å². The SMILES string of the molecule is CC(C)COCCNc1ccccc1N(C)C. The summed E-state index contributed by atoms with van der Waals surface area (Å²) < 4.78 is 5.54. The average molecular weight is 236 g/mol. The number of benzene rings is 1. The molecule has 1 N–H and O–H groups in total. The van der Waals surface area contributed by atoms with Crippen molar-refractivity contribution in [3.05, 3.63) is 24.3 Å². The Balaban J connectivity index is 2.36. The van der Waals surface area contributed by atoms with Gasteiger partial charge in [-0.1, -0.05) is 26.0 Å². The van der Waals surface area contributed by atoms with Crippen molar-refractivity contribution in [2.45, 2.75) is 13.8 Å². The molecular weight excluding hydrogens is 212 g/mol. The highest BCUT2D eigenvalue weighted by molar-refractivity contribution is 5.69. The van der Waals surface area contributed by atoms with Gasteiger partial charge in [0, 0.05) is 27.2 Å². The van der Waals surface area contributed by atoms with Gasteiger partial charge in [-0.05, 0) is 18.1 Å². The second kappa shape index (κ2) is 7.17. The maximum absolute atomic E-state index is 5.54. The molecule has 0 atom stereocenters. The zero-order chi connectivity index (χ0) is 12.7. The largest absolute Gasteiger partial charge is 0.381 e. The standard InChI is InChI=1S/C14H24N2O/c1-12(2)11-17-10-9-15-13-7-5-6-8-14(13)16(3)4/h5-8,12,15H,9-11H2,1-4H3. The molecule has 0 aliphatic rings. The van der Waals surface area contributed by atoms with Crippen LogP contribution in [-0.2, 0) is 4.74 Å². The fourth-order valence-corrected chi connectivity index (χ4v) is 1.59. The molecule has 0 fully saturated rings. The summed E-state index contributed by atoms with van der Waals surface area (Å²) in [6, 6.07) is 8.30. The third-order valence-electron chi connectivity index (χ3n) is 2.40. The Labute approximate surface area is 105 Å². The number of anilines is 2. The molecule has 0 saturated heterocycles. The van der Waals surface area contributed by atoms with Crippen LogP contribution in [0.4, 0.5) is 11.4 Å². The molecule has 0 aromatic heterocycles. The summed E-state index contributed by atoms with van der Waals surface area (Å²) >= 11 is 0. The van der Waals surface area contributed by atoms with Gasteiger partial charge in [0.25, 0.3) is 0 Å². The minimum Gasteiger partial charge on any atom is -0.381 e. The number of hydrogen-bond donors (Lipinski definition) is 1. The van der Waals surface area contributed by atoms with Crippen LogP contribution in [0, 0.1) is 5.92 Å². The Morgan fingerprint density at radius 2 is 1.94 bits per heavy atom. The summed E-state index contributed by atoms with van der Waals surface area (Å²) in [6.07, 6.45) is 0. The van der Waals surface area contributed by atoms with Crippen molar-refractivity contribution in [1.82, 2.24) is 0 Å². The Bertz CT molecular complexity index is 324. The topological polar surface area (TPSA) is 24.5 Å². The Hall–Kier alpha value is -1.22. The Morgan fingerprint density at radius 3 is 2.59 bits per heavy atom. The summed E-state index contributed by atoms with van der Waals surface area (Å²) in [5, 5.41) is 3.40. The van der Waals surface area contributed by atoms with Crippen LogP contribution in [0.1, 0.15) is 13.8 Å². The third kappa shape index (κ3) is 5.09. The molecule has 0 amide bonds. The number of ether oxygens (including phenoxy) is 1. The van der Waals surface area contributed by atoms with Crippen LogP contribution in [0.2, 0.25) is 0 Å². The first-order chi connectivity index (χ1) is 8.11. The van der Waals surface area contributed by atoms with Crippen molar-refractivity contribution in [3.8, 4) is 0 Å². The lowest BCUT2D eigenvalue weighted by molar-refractivity contribution is 0.118. The molecule has 0 aliphatic carbocycles. The van der Waals surface area contributed by atoms with Gasteiger partial charge in [-0.2, -0.15) is 0 Å². The third-order valence-corrected chi connectivity index (χ3v) is 2.40. The van der Waals surface area contributed by atoms with Crippen LogP contribution in [0.15, 0.2) is 24.3 Å². The van der Waals surface area contributed by atoms with E-state index in [1.807, 2.05) is 6.07 Å². The van der Waals surface area contributed by atoms with E-state index in [0.717, 1.165) is 25.4 Å². The Morgan fingerprint density at radius 1 is 1.24 bits per heavy atom. The van der Waals surface area contributed by atoms with Crippen molar-refractivity contribution in [2.24, 2.45) is 5.92 Å². The molecule has 0 unspecified atom stereocenters. The minimum absolute atomic E-state index is 0.601. The normalized spacial score (nSPS) is 10.6. The van der Waals surface area contributed by atoms with Crippen molar-refractivity contribution < 1.29 is 4.74 Å². The molecule has 0 bridgehead atoms. The molecule has 0 saturated carbocycles. The molecule has 3 nitrogen and oxygen atoms in total. The lowest BCUT2D eigenvalue weighted by Crippen LogP contribution is -2.15. The van der Waals surface area contributed by atoms with E-state index in [1.165, 1.54) is 5.69 Å². The van der Waals surface area contributed by atoms with E-state index in [2.05, 4.69) is 56.4 Å². The lowest BCUT2D eigenvalue weighted by atomic mass is 10.2. The molecule has 1 aromatic carbocycles. The van der Waals surface area contributed by atoms with E-state index in [4.69, 9.17) is 4.74 Å². The molecule has 3 heteroatoms. The predicted octanol–water partition coefficient (Wildman–Crippen LogP) is 2.84. The van der Waals surface area contributed by atoms with Gasteiger partial charge in [0.15, 0.2) is 0 Å². The summed E-state index contributed by atoms with van der Waals surface area (Å²) in [4.78, 5) is 2.11. The molecule has 1 rings (SSSR count). The van der Waals surface area contributed by atoms with E-state index in [0.29, 0.717) is 5.92 Å². The van der Waals surface area contributed by atoms with Crippen LogP contribution >= 0.6 is 0 Å². The Kier molecular flexibility index (Phi) is 5.84. The number of rotatable bonds is 7. The highest BCUT2D eigenvalue weighted by Gasteiger charge is 2.02. The van der Waals surface area contributed by atoms with Crippen LogP contribution in [-0.4, -0.2) is 33.9 Å². The van der Waals surface area contributed by atoms with E-state index < -0.39 is 0 Å². The maximum Gasteiger partial charge on any atom is 0.0639 e. The average Bonchev–Trinajstić information content (AvgIpc) is 2.28. The predicted molar refractivity (Wildman–Crippen MR) is 74.9 cm³/mol. The van der Waals surface area contributed by atoms with Crippen molar-refractivity contribution in [3.63, 3.8) is 0 Å². The quantitative estimate of drug-likeness (QED) is 0.737. The van der Waals surface area contributed by atoms with Crippen molar-refractivity contribution >= 4 is 11.4 Å². The van der Waals surface area contributed by atoms with E-state index in [-0.39, 0.29) is 0 Å². The molecular formula is C14H24N2O. The highest BCUT2D eigenvalue weighted by Crippen LogP contribution is 2.22. The summed E-state index contributed by atoms with van der Waals surface area (Å²) in [5.74, 6) is 0.601. The van der Waals surface area contributed by atoms with Gasteiger partial charge >= 0.3 is 0 Å². The molecule has 0 spiro atoms. The number of para-hydroxylation sites is 2. The molecule has 1 aromatic rings. The molecule has 96 valence electrons. The van der Waals surface area contributed by atoms with Crippen LogP contribution in [0.25, 0.3) is 0 Å². The fraction of sp³-hybridized carbons (Fsp3) is 0.571. The maximum atomic E-state index is 5.54. The second-order valence-electron chi connectivity index (χ2n) is 4.81. The highest BCUT2D eigenvalue weighted by atomic mass is 16.5. The minimum atomic E-state index is 0.601. The molecule has 0 radical (unpaired) electrons. The molecule has 0 aliphatic heterocycles. The first-order valence-corrected chi connectivity index (χ1v) is 6.19. The van der Waals surface area contributed by atoms with Gasteiger partial charge in [-0.3, -0.25) is 0 Å². The number of hydrogen-bond acceptors (Lipinski definition) is 3. The molecule has 0 heterocycles. The van der Waals surface area contributed by atoms with Gasteiger partial charge in [-0.25, -0.2) is 0 Å². The van der Waals surface area contributed by atoms with Gasteiger partial charge in [-0.15, -0.1) is 0 Å². The summed E-state index contributed by atoms with van der Waals surface area (Å²) in [6.45, 7) is 6.75. The van der Waals surface area contributed by atoms with Crippen LogP contribution in [0.3, 0.4) is 0 Å². The van der Waals surface area contributed by atoms with E-state index in [1.54, 1.807) is 0 Å². The first-order valence-electron chi connectivity index (χ1n) is 6.19. The van der Waals surface area contributed by atoms with Crippen LogP contribution in [0.5, 0.6) is 0 Å².